The fourth-order valence-corrected chi connectivity index (χ4v) is 1.59. The summed E-state index contributed by atoms with van der Waals surface area (Å²) in [7, 11) is 0. The molecule has 1 rings (SSSR count). The highest BCUT2D eigenvalue weighted by molar-refractivity contribution is 6.30. The lowest BCUT2D eigenvalue weighted by Crippen LogP contribution is -2.34. The third kappa shape index (κ3) is 4.32. The number of likely N-dealkylation sites (N-methyl/N-ethyl adjacent to an activating group) is 1. The van der Waals surface area contributed by atoms with Gasteiger partial charge in [-0.15, -0.1) is 0 Å². The topological polar surface area (TPSA) is 41.1 Å². The smallest absolute Gasteiger partial charge is 0.233 e. The molecular weight excluding hydrogens is 243 g/mol. The number of halogens is 2. The molecule has 5 heteroatoms. The van der Waals surface area contributed by atoms with E-state index in [1.165, 1.54) is 6.07 Å². The fourth-order valence-electron chi connectivity index (χ4n) is 1.41. The van der Waals surface area contributed by atoms with E-state index >= 15 is 0 Å². The van der Waals surface area contributed by atoms with Crippen LogP contribution in [-0.2, 0) is 4.79 Å². The Hall–Kier alpha value is -1.13. The maximum absolute atomic E-state index is 13.0. The molecule has 0 aliphatic carbocycles. The maximum atomic E-state index is 13.0. The van der Waals surface area contributed by atoms with E-state index in [1.54, 1.807) is 12.1 Å². The number of hydrogen-bond donors (Lipinski definition) is 2. The molecule has 0 saturated heterocycles. The fraction of sp³-hybridized carbons (Fsp3) is 0.417. The van der Waals surface area contributed by atoms with Gasteiger partial charge in [0.1, 0.15) is 5.82 Å². The molecule has 2 N–H and O–H groups in total. The van der Waals surface area contributed by atoms with Crippen molar-refractivity contribution in [2.75, 3.05) is 13.1 Å². The zero-order valence-corrected chi connectivity index (χ0v) is 10.6. The van der Waals surface area contributed by atoms with E-state index in [1.807, 2.05) is 13.8 Å². The average molecular weight is 259 g/mol. The van der Waals surface area contributed by atoms with Crippen LogP contribution in [0.15, 0.2) is 18.2 Å². The van der Waals surface area contributed by atoms with Crippen molar-refractivity contribution in [1.82, 2.24) is 10.6 Å². The van der Waals surface area contributed by atoms with Gasteiger partial charge in [-0.25, -0.2) is 4.39 Å². The van der Waals surface area contributed by atoms with Crippen molar-refractivity contribution in [1.29, 1.82) is 0 Å². The lowest BCUT2D eigenvalue weighted by Gasteiger charge is -2.14. The molecule has 94 valence electrons. The number of carbonyl (C=O) groups excluding carboxylic acids is 1. The highest BCUT2D eigenvalue weighted by Crippen LogP contribution is 2.20. The number of carbonyl (C=O) groups is 1. The van der Waals surface area contributed by atoms with E-state index < -0.39 is 5.82 Å². The van der Waals surface area contributed by atoms with Gasteiger partial charge in [-0.3, -0.25) is 4.79 Å². The summed E-state index contributed by atoms with van der Waals surface area (Å²) in [5.74, 6) is -0.501. The lowest BCUT2D eigenvalue weighted by molar-refractivity contribution is -0.120. The van der Waals surface area contributed by atoms with Gasteiger partial charge in [-0.2, -0.15) is 0 Å². The third-order valence-corrected chi connectivity index (χ3v) is 2.68. The SMILES string of the molecule is CCNC(=O)CNC(C)c1ccc(F)c(Cl)c1. The standard InChI is InChI=1S/C12H16ClFN2O/c1-3-15-12(17)7-16-8(2)9-4-5-11(14)10(13)6-9/h4-6,8,16H,3,7H2,1-2H3,(H,15,17). The molecule has 0 radical (unpaired) electrons. The second-order valence-electron chi connectivity index (χ2n) is 3.73. The van der Waals surface area contributed by atoms with Crippen LogP contribution in [0.2, 0.25) is 5.02 Å². The van der Waals surface area contributed by atoms with Crippen LogP contribution in [0, 0.1) is 5.82 Å². The number of rotatable bonds is 5. The molecule has 0 aromatic heterocycles. The van der Waals surface area contributed by atoms with Crippen LogP contribution in [0.5, 0.6) is 0 Å². The van der Waals surface area contributed by atoms with Crippen molar-refractivity contribution < 1.29 is 9.18 Å². The summed E-state index contributed by atoms with van der Waals surface area (Å²) in [5.41, 5.74) is 0.848. The quantitative estimate of drug-likeness (QED) is 0.851. The van der Waals surface area contributed by atoms with Gasteiger partial charge in [-0.1, -0.05) is 17.7 Å². The zero-order valence-electron chi connectivity index (χ0n) is 9.89. The van der Waals surface area contributed by atoms with Crippen molar-refractivity contribution in [3.05, 3.63) is 34.6 Å². The molecule has 0 bridgehead atoms. The summed E-state index contributed by atoms with van der Waals surface area (Å²) in [4.78, 5) is 11.2. The van der Waals surface area contributed by atoms with Crippen molar-refractivity contribution in [2.24, 2.45) is 0 Å². The van der Waals surface area contributed by atoms with E-state index in [9.17, 15) is 9.18 Å². The number of nitrogens with one attached hydrogen (secondary N) is 2. The molecule has 0 heterocycles. The van der Waals surface area contributed by atoms with Crippen LogP contribution in [-0.4, -0.2) is 19.0 Å². The molecule has 0 spiro atoms. The van der Waals surface area contributed by atoms with Gasteiger partial charge in [0.05, 0.1) is 11.6 Å². The first-order valence-electron chi connectivity index (χ1n) is 5.49. The van der Waals surface area contributed by atoms with E-state index in [4.69, 9.17) is 11.6 Å². The Balaban J connectivity index is 2.54. The van der Waals surface area contributed by atoms with Gasteiger partial charge in [0.15, 0.2) is 0 Å². The van der Waals surface area contributed by atoms with Gasteiger partial charge in [-0.05, 0) is 31.5 Å². The monoisotopic (exact) mass is 258 g/mol. The molecule has 1 aromatic carbocycles. The first-order valence-corrected chi connectivity index (χ1v) is 5.87. The second-order valence-corrected chi connectivity index (χ2v) is 4.14. The molecule has 1 unspecified atom stereocenters. The van der Waals surface area contributed by atoms with Crippen LogP contribution < -0.4 is 10.6 Å². The van der Waals surface area contributed by atoms with Gasteiger partial charge < -0.3 is 10.6 Å². The highest BCUT2D eigenvalue weighted by Gasteiger charge is 2.09. The van der Waals surface area contributed by atoms with Crippen molar-refractivity contribution >= 4 is 17.5 Å². The van der Waals surface area contributed by atoms with Gasteiger partial charge in [0.2, 0.25) is 5.91 Å². The predicted molar refractivity (Wildman–Crippen MR) is 66.5 cm³/mol. The summed E-state index contributed by atoms with van der Waals surface area (Å²) in [6, 6.07) is 4.47. The molecule has 1 aromatic rings. The van der Waals surface area contributed by atoms with Crippen molar-refractivity contribution in [3.63, 3.8) is 0 Å². The van der Waals surface area contributed by atoms with Crippen LogP contribution in [0.25, 0.3) is 0 Å². The number of hydrogen-bond acceptors (Lipinski definition) is 2. The molecule has 0 fully saturated rings. The molecule has 1 atom stereocenters. The molecule has 0 saturated carbocycles. The molecular formula is C12H16ClFN2O. The highest BCUT2D eigenvalue weighted by atomic mass is 35.5. The largest absolute Gasteiger partial charge is 0.355 e. The molecule has 17 heavy (non-hydrogen) atoms. The van der Waals surface area contributed by atoms with Gasteiger partial charge >= 0.3 is 0 Å². The third-order valence-electron chi connectivity index (χ3n) is 2.39. The van der Waals surface area contributed by atoms with Crippen LogP contribution in [0.1, 0.15) is 25.5 Å². The summed E-state index contributed by atoms with van der Waals surface area (Å²) < 4.78 is 13.0. The Morgan fingerprint density at radius 2 is 2.24 bits per heavy atom. The first-order chi connectivity index (χ1) is 8.04. The normalized spacial score (nSPS) is 12.2. The number of amides is 1. The Morgan fingerprint density at radius 1 is 1.53 bits per heavy atom. The molecule has 0 aliphatic heterocycles. The van der Waals surface area contributed by atoms with Gasteiger partial charge in [0, 0.05) is 12.6 Å². The van der Waals surface area contributed by atoms with Crippen molar-refractivity contribution in [2.45, 2.75) is 19.9 Å². The minimum atomic E-state index is -0.439. The Bertz CT molecular complexity index is 398. The minimum absolute atomic E-state index is 0.0595. The second kappa shape index (κ2) is 6.57. The van der Waals surface area contributed by atoms with Gasteiger partial charge in [0.25, 0.3) is 0 Å². The molecule has 1 amide bonds. The van der Waals surface area contributed by atoms with E-state index in [2.05, 4.69) is 10.6 Å². The molecule has 3 nitrogen and oxygen atoms in total. The summed E-state index contributed by atoms with van der Waals surface area (Å²) in [6.45, 7) is 4.59. The Labute approximate surface area is 105 Å². The van der Waals surface area contributed by atoms with Crippen molar-refractivity contribution in [3.8, 4) is 0 Å². The summed E-state index contributed by atoms with van der Waals surface area (Å²) in [6.07, 6.45) is 0. The van der Waals surface area contributed by atoms with Crippen LogP contribution in [0.4, 0.5) is 4.39 Å². The van der Waals surface area contributed by atoms with E-state index in [-0.39, 0.29) is 23.5 Å². The minimum Gasteiger partial charge on any atom is -0.355 e. The van der Waals surface area contributed by atoms with Crippen LogP contribution >= 0.6 is 11.6 Å². The predicted octanol–water partition coefficient (Wildman–Crippen LogP) is 2.27. The summed E-state index contributed by atoms with van der Waals surface area (Å²) in [5, 5.41) is 5.81. The first kappa shape index (κ1) is 13.9. The van der Waals surface area contributed by atoms with E-state index in [0.717, 1.165) is 5.56 Å². The van der Waals surface area contributed by atoms with E-state index in [0.29, 0.717) is 6.54 Å². The zero-order chi connectivity index (χ0) is 12.8. The Morgan fingerprint density at radius 3 is 2.82 bits per heavy atom. The number of benzene rings is 1. The lowest BCUT2D eigenvalue weighted by atomic mass is 10.1. The maximum Gasteiger partial charge on any atom is 0.233 e. The Kier molecular flexibility index (Phi) is 5.38. The summed E-state index contributed by atoms with van der Waals surface area (Å²) >= 11 is 5.69. The molecule has 0 aliphatic rings. The van der Waals surface area contributed by atoms with Crippen LogP contribution in [0.3, 0.4) is 0 Å². The average Bonchev–Trinajstić information content (AvgIpc) is 2.30.